The molecule has 0 amide bonds. The van der Waals surface area contributed by atoms with Gasteiger partial charge < -0.3 is 5.32 Å². The summed E-state index contributed by atoms with van der Waals surface area (Å²) >= 11 is 0. The predicted molar refractivity (Wildman–Crippen MR) is 69.6 cm³/mol. The molecule has 1 N–H and O–H groups in total. The highest BCUT2D eigenvalue weighted by atomic mass is 19.1. The van der Waals surface area contributed by atoms with E-state index >= 15 is 0 Å². The molecule has 1 aromatic carbocycles. The second-order valence-corrected chi connectivity index (χ2v) is 6.09. The normalized spacial score (nSPS) is 25.9. The Hall–Kier alpha value is -0.890. The van der Waals surface area contributed by atoms with E-state index in [-0.39, 0.29) is 11.2 Å². The summed E-state index contributed by atoms with van der Waals surface area (Å²) in [6, 6.07) is 7.21. The molecule has 0 aromatic heterocycles. The van der Waals surface area contributed by atoms with Gasteiger partial charge in [-0.2, -0.15) is 0 Å². The monoisotopic (exact) mass is 235 g/mol. The zero-order valence-electron chi connectivity index (χ0n) is 11.0. The summed E-state index contributed by atoms with van der Waals surface area (Å²) < 4.78 is 13.9. The molecule has 2 rings (SSSR count). The molecule has 17 heavy (non-hydrogen) atoms. The lowest BCUT2D eigenvalue weighted by molar-refractivity contribution is 0.158. The first kappa shape index (κ1) is 12.6. The molecule has 0 saturated carbocycles. The van der Waals surface area contributed by atoms with Crippen molar-refractivity contribution in [3.63, 3.8) is 0 Å². The van der Waals surface area contributed by atoms with Crippen molar-refractivity contribution >= 4 is 0 Å². The average Bonchev–Trinajstić information content (AvgIpc) is 2.28. The van der Waals surface area contributed by atoms with Crippen molar-refractivity contribution < 1.29 is 4.39 Å². The van der Waals surface area contributed by atoms with Crippen LogP contribution < -0.4 is 5.32 Å². The van der Waals surface area contributed by atoms with E-state index < -0.39 is 0 Å². The van der Waals surface area contributed by atoms with Crippen LogP contribution in [0.4, 0.5) is 4.39 Å². The third kappa shape index (κ3) is 2.68. The smallest absolute Gasteiger partial charge is 0.126 e. The quantitative estimate of drug-likeness (QED) is 0.784. The number of rotatable bonds is 1. The maximum absolute atomic E-state index is 13.9. The largest absolute Gasteiger partial charge is 0.316 e. The molecule has 1 saturated heterocycles. The minimum atomic E-state index is -0.0598. The topological polar surface area (TPSA) is 12.0 Å². The van der Waals surface area contributed by atoms with Gasteiger partial charge in [-0.25, -0.2) is 4.39 Å². The molecule has 0 spiro atoms. The van der Waals surface area contributed by atoms with Gasteiger partial charge in [-0.1, -0.05) is 39.0 Å². The highest BCUT2D eigenvalue weighted by molar-refractivity contribution is 5.24. The standard InChI is InChI=1S/C15H22FN/c1-15(2,3)13-8-9-17-10-12(13)11-6-4-5-7-14(11)16/h4-7,12-13,17H,8-10H2,1-3H3. The van der Waals surface area contributed by atoms with Gasteiger partial charge in [-0.15, -0.1) is 0 Å². The minimum absolute atomic E-state index is 0.0598. The molecule has 2 atom stereocenters. The number of hydrogen-bond donors (Lipinski definition) is 1. The number of hydrogen-bond acceptors (Lipinski definition) is 1. The van der Waals surface area contributed by atoms with E-state index in [0.29, 0.717) is 11.8 Å². The summed E-state index contributed by atoms with van der Waals surface area (Å²) in [6.45, 7) is 8.72. The van der Waals surface area contributed by atoms with Crippen LogP contribution in [-0.2, 0) is 0 Å². The molecular weight excluding hydrogens is 213 g/mol. The van der Waals surface area contributed by atoms with E-state index in [1.165, 1.54) is 0 Å². The fourth-order valence-electron chi connectivity index (χ4n) is 3.00. The predicted octanol–water partition coefficient (Wildman–Crippen LogP) is 3.56. The summed E-state index contributed by atoms with van der Waals surface area (Å²) in [5.41, 5.74) is 1.11. The van der Waals surface area contributed by atoms with Gasteiger partial charge in [-0.3, -0.25) is 0 Å². The Labute approximate surface area is 103 Å². The molecule has 1 aliphatic rings. The van der Waals surface area contributed by atoms with Crippen molar-refractivity contribution in [2.24, 2.45) is 11.3 Å². The highest BCUT2D eigenvalue weighted by Gasteiger charge is 2.35. The van der Waals surface area contributed by atoms with Crippen LogP contribution in [0.5, 0.6) is 0 Å². The number of piperidine rings is 1. The maximum atomic E-state index is 13.9. The summed E-state index contributed by atoms with van der Waals surface area (Å²) in [5.74, 6) is 0.779. The second-order valence-electron chi connectivity index (χ2n) is 6.09. The van der Waals surface area contributed by atoms with Crippen molar-refractivity contribution in [1.82, 2.24) is 5.32 Å². The first-order valence-corrected chi connectivity index (χ1v) is 6.45. The third-order valence-electron chi connectivity index (χ3n) is 3.90. The Morgan fingerprint density at radius 1 is 1.24 bits per heavy atom. The van der Waals surface area contributed by atoms with E-state index in [9.17, 15) is 4.39 Å². The molecule has 0 aliphatic carbocycles. The SMILES string of the molecule is CC(C)(C)C1CCNCC1c1ccccc1F. The van der Waals surface area contributed by atoms with E-state index in [4.69, 9.17) is 0 Å². The molecule has 0 radical (unpaired) electrons. The van der Waals surface area contributed by atoms with E-state index in [1.54, 1.807) is 12.1 Å². The Morgan fingerprint density at radius 3 is 2.59 bits per heavy atom. The number of nitrogens with one attached hydrogen (secondary N) is 1. The van der Waals surface area contributed by atoms with Crippen LogP contribution in [0.2, 0.25) is 0 Å². The molecule has 0 bridgehead atoms. The van der Waals surface area contributed by atoms with E-state index in [1.807, 2.05) is 12.1 Å². The molecule has 1 heterocycles. The van der Waals surface area contributed by atoms with Gasteiger partial charge in [0.1, 0.15) is 5.82 Å². The van der Waals surface area contributed by atoms with Gasteiger partial charge in [-0.05, 0) is 35.9 Å². The van der Waals surface area contributed by atoms with Crippen LogP contribution in [-0.4, -0.2) is 13.1 Å². The van der Waals surface area contributed by atoms with Crippen LogP contribution in [0.1, 0.15) is 38.7 Å². The van der Waals surface area contributed by atoms with E-state index in [2.05, 4.69) is 26.1 Å². The molecule has 1 fully saturated rings. The Bertz CT molecular complexity index is 381. The van der Waals surface area contributed by atoms with Crippen molar-refractivity contribution in [2.45, 2.75) is 33.1 Å². The highest BCUT2D eigenvalue weighted by Crippen LogP contribution is 2.41. The third-order valence-corrected chi connectivity index (χ3v) is 3.90. The van der Waals surface area contributed by atoms with Crippen molar-refractivity contribution in [2.75, 3.05) is 13.1 Å². The van der Waals surface area contributed by atoms with Crippen molar-refractivity contribution in [3.8, 4) is 0 Å². The van der Waals surface area contributed by atoms with Gasteiger partial charge in [0, 0.05) is 12.5 Å². The first-order valence-electron chi connectivity index (χ1n) is 6.45. The van der Waals surface area contributed by atoms with Crippen LogP contribution in [0.25, 0.3) is 0 Å². The first-order chi connectivity index (χ1) is 8.00. The second kappa shape index (κ2) is 4.77. The van der Waals surface area contributed by atoms with Gasteiger partial charge >= 0.3 is 0 Å². The molecular formula is C15H22FN. The molecule has 1 aliphatic heterocycles. The van der Waals surface area contributed by atoms with Crippen LogP contribution in [0.15, 0.2) is 24.3 Å². The Balaban J connectivity index is 2.32. The van der Waals surface area contributed by atoms with Gasteiger partial charge in [0.05, 0.1) is 0 Å². The lowest BCUT2D eigenvalue weighted by Crippen LogP contribution is -2.41. The van der Waals surface area contributed by atoms with Crippen molar-refractivity contribution in [1.29, 1.82) is 0 Å². The van der Waals surface area contributed by atoms with E-state index in [0.717, 1.165) is 25.1 Å². The fourth-order valence-corrected chi connectivity index (χ4v) is 3.00. The van der Waals surface area contributed by atoms with Crippen molar-refractivity contribution in [3.05, 3.63) is 35.6 Å². The summed E-state index contributed by atoms with van der Waals surface area (Å²) in [4.78, 5) is 0. The molecule has 1 aromatic rings. The number of halogens is 1. The molecule has 2 unspecified atom stereocenters. The van der Waals surface area contributed by atoms with Gasteiger partial charge in [0.15, 0.2) is 0 Å². The van der Waals surface area contributed by atoms with Crippen LogP contribution in [0, 0.1) is 17.2 Å². The lowest BCUT2D eigenvalue weighted by atomic mass is 9.68. The van der Waals surface area contributed by atoms with Crippen LogP contribution >= 0.6 is 0 Å². The lowest BCUT2D eigenvalue weighted by Gasteiger charge is -2.41. The molecule has 94 valence electrons. The van der Waals surface area contributed by atoms with Gasteiger partial charge in [0.2, 0.25) is 0 Å². The Morgan fingerprint density at radius 2 is 1.94 bits per heavy atom. The zero-order chi connectivity index (χ0) is 12.5. The maximum Gasteiger partial charge on any atom is 0.126 e. The molecule has 2 heteroatoms. The fraction of sp³-hybridized carbons (Fsp3) is 0.600. The number of benzene rings is 1. The Kier molecular flexibility index (Phi) is 3.53. The molecule has 1 nitrogen and oxygen atoms in total. The zero-order valence-corrected chi connectivity index (χ0v) is 11.0. The average molecular weight is 235 g/mol. The summed E-state index contributed by atoms with van der Waals surface area (Å²) in [6.07, 6.45) is 1.13. The van der Waals surface area contributed by atoms with Crippen LogP contribution in [0.3, 0.4) is 0 Å². The minimum Gasteiger partial charge on any atom is -0.316 e. The van der Waals surface area contributed by atoms with Gasteiger partial charge in [0.25, 0.3) is 0 Å². The summed E-state index contributed by atoms with van der Waals surface area (Å²) in [5, 5.41) is 3.40. The summed E-state index contributed by atoms with van der Waals surface area (Å²) in [7, 11) is 0.